The van der Waals surface area contributed by atoms with Gasteiger partial charge in [-0.2, -0.15) is 0 Å². The third-order valence-electron chi connectivity index (χ3n) is 6.63. The predicted molar refractivity (Wildman–Crippen MR) is 144 cm³/mol. The van der Waals surface area contributed by atoms with Gasteiger partial charge in [0.05, 0.1) is 16.5 Å². The summed E-state index contributed by atoms with van der Waals surface area (Å²) >= 11 is 0. The van der Waals surface area contributed by atoms with E-state index in [4.69, 9.17) is 4.74 Å². The molecule has 7 heteroatoms. The van der Waals surface area contributed by atoms with Crippen molar-refractivity contribution in [2.24, 2.45) is 0 Å². The largest absolute Gasteiger partial charge is 0.459 e. The Balaban J connectivity index is 1.53. The van der Waals surface area contributed by atoms with Crippen LogP contribution in [0.4, 0.5) is 0 Å². The molecule has 0 unspecified atom stereocenters. The Kier molecular flexibility index (Phi) is 5.37. The lowest BCUT2D eigenvalue weighted by molar-refractivity contribution is -0.766. The molecule has 37 heavy (non-hydrogen) atoms. The fraction of sp³-hybridized carbons (Fsp3) is 0.267. The van der Waals surface area contributed by atoms with Crippen LogP contribution in [0.15, 0.2) is 75.0 Å². The van der Waals surface area contributed by atoms with Crippen molar-refractivity contribution in [2.75, 3.05) is 0 Å². The zero-order chi connectivity index (χ0) is 26.9. The molecular weight excluding hydrogens is 468 g/mol. The van der Waals surface area contributed by atoms with Crippen molar-refractivity contribution in [2.45, 2.75) is 52.5 Å². The van der Waals surface area contributed by atoms with Gasteiger partial charge in [-0.15, -0.1) is 4.57 Å². The molecule has 3 aromatic carbocycles. The molecule has 5 rings (SSSR count). The first-order valence-electron chi connectivity index (χ1n) is 12.1. The van der Waals surface area contributed by atoms with Crippen LogP contribution in [-0.4, -0.2) is 9.67 Å². The topological polar surface area (TPSA) is 89.5 Å². The summed E-state index contributed by atoms with van der Waals surface area (Å²) < 4.78 is 8.28. The quantitative estimate of drug-likeness (QED) is 0.369. The molecule has 0 bridgehead atoms. The summed E-state index contributed by atoms with van der Waals surface area (Å²) in [6.45, 7) is 11.8. The van der Waals surface area contributed by atoms with Crippen LogP contribution in [0.1, 0.15) is 47.1 Å². The van der Waals surface area contributed by atoms with Crippen LogP contribution in [0.2, 0.25) is 0 Å². The van der Waals surface area contributed by atoms with Crippen molar-refractivity contribution in [3.63, 3.8) is 0 Å². The summed E-state index contributed by atoms with van der Waals surface area (Å²) in [6, 6.07) is 17.4. The van der Waals surface area contributed by atoms with Gasteiger partial charge in [0, 0.05) is 20.8 Å². The van der Waals surface area contributed by atoms with Crippen LogP contribution >= 0.6 is 0 Å². The minimum atomic E-state index is -0.664. The Morgan fingerprint density at radius 2 is 1.19 bits per heavy atom. The van der Waals surface area contributed by atoms with E-state index in [-0.39, 0.29) is 32.8 Å². The van der Waals surface area contributed by atoms with Crippen molar-refractivity contribution in [1.82, 2.24) is 4.57 Å². The van der Waals surface area contributed by atoms with Gasteiger partial charge in [-0.3, -0.25) is 9.59 Å². The highest BCUT2D eigenvalue weighted by atomic mass is 16.5. The lowest BCUT2D eigenvalue weighted by Crippen LogP contribution is -2.59. The monoisotopic (exact) mass is 497 g/mol. The van der Waals surface area contributed by atoms with E-state index in [9.17, 15) is 19.5 Å². The van der Waals surface area contributed by atoms with Gasteiger partial charge >= 0.3 is 11.4 Å². The Morgan fingerprint density at radius 3 is 1.68 bits per heavy atom. The van der Waals surface area contributed by atoms with E-state index >= 15 is 0 Å². The molecule has 2 aromatic heterocycles. The number of hydrogen-bond acceptors (Lipinski definition) is 5. The van der Waals surface area contributed by atoms with E-state index < -0.39 is 22.2 Å². The molecule has 7 nitrogen and oxygen atoms in total. The summed E-state index contributed by atoms with van der Waals surface area (Å²) in [5.74, 6) is 1.03. The average Bonchev–Trinajstić information content (AvgIpc) is 3.22. The van der Waals surface area contributed by atoms with Gasteiger partial charge < -0.3 is 9.84 Å². The molecule has 0 atom stereocenters. The maximum absolute atomic E-state index is 13.2. The van der Waals surface area contributed by atoms with Gasteiger partial charge in [-0.25, -0.2) is 9.36 Å². The number of rotatable bonds is 3. The number of ether oxygens (including phenoxy) is 1. The maximum atomic E-state index is 13.2. The summed E-state index contributed by atoms with van der Waals surface area (Å²) in [7, 11) is 0. The normalized spacial score (nSPS) is 12.5. The van der Waals surface area contributed by atoms with E-state index in [1.165, 1.54) is 22.3 Å². The van der Waals surface area contributed by atoms with Gasteiger partial charge in [0.1, 0.15) is 22.3 Å². The van der Waals surface area contributed by atoms with Crippen molar-refractivity contribution in [3.8, 4) is 23.1 Å². The van der Waals surface area contributed by atoms with Gasteiger partial charge in [0.2, 0.25) is 0 Å². The summed E-state index contributed by atoms with van der Waals surface area (Å²) in [4.78, 5) is 39.5. The zero-order valence-corrected chi connectivity index (χ0v) is 21.7. The summed E-state index contributed by atoms with van der Waals surface area (Å²) in [5, 5.41) is 11.5. The molecule has 188 valence electrons. The number of nitrogens with zero attached hydrogens (tertiary/aromatic N) is 2. The van der Waals surface area contributed by atoms with E-state index in [1.807, 2.05) is 24.3 Å². The molecule has 1 N–H and O–H groups in total. The van der Waals surface area contributed by atoms with Gasteiger partial charge in [-0.05, 0) is 59.5 Å². The van der Waals surface area contributed by atoms with Crippen LogP contribution < -0.4 is 26.0 Å². The Hall–Kier alpha value is -4.26. The third-order valence-corrected chi connectivity index (χ3v) is 6.63. The molecule has 0 aliphatic carbocycles. The molecule has 0 aliphatic heterocycles. The first kappa shape index (κ1) is 24.4. The Morgan fingerprint density at radius 1 is 0.703 bits per heavy atom. The lowest BCUT2D eigenvalue weighted by atomic mass is 9.87. The van der Waals surface area contributed by atoms with Crippen LogP contribution in [0.25, 0.3) is 27.2 Å². The molecule has 0 spiro atoms. The number of hydrogen-bond donors (Lipinski definition) is 1. The highest BCUT2D eigenvalue weighted by molar-refractivity contribution is 5.99. The minimum Gasteiger partial charge on any atom is -0.459 e. The molecule has 0 saturated carbocycles. The number of aromatic nitrogens is 2. The second kappa shape index (κ2) is 8.13. The fourth-order valence-electron chi connectivity index (χ4n) is 4.66. The summed E-state index contributed by atoms with van der Waals surface area (Å²) in [5.41, 5.74) is -0.465. The fourth-order valence-corrected chi connectivity index (χ4v) is 4.66. The SMILES string of the molecule is CC(C)(C)c1ccc(Oc2ccc(-n3c(=O)c4cc5c(O)[n+](C(C)(C)C)c(=O)c5cc4c3=O)cc2)cc1. The van der Waals surface area contributed by atoms with Crippen LogP contribution in [0.5, 0.6) is 17.4 Å². The molecule has 0 aliphatic rings. The molecular formula is C30H29N2O5+. The highest BCUT2D eigenvalue weighted by Gasteiger charge is 2.35. The third kappa shape index (κ3) is 4.00. The Bertz CT molecular complexity index is 1810. The van der Waals surface area contributed by atoms with E-state index in [0.29, 0.717) is 17.2 Å². The predicted octanol–water partition coefficient (Wildman–Crippen LogP) is 4.58. The maximum Gasteiger partial charge on any atom is 0.423 e. The first-order chi connectivity index (χ1) is 17.3. The number of fused-ring (bicyclic) bond motifs is 2. The van der Waals surface area contributed by atoms with Crippen molar-refractivity contribution in [1.29, 1.82) is 0 Å². The van der Waals surface area contributed by atoms with E-state index in [2.05, 4.69) is 20.8 Å². The van der Waals surface area contributed by atoms with Gasteiger partial charge in [0.15, 0.2) is 5.54 Å². The van der Waals surface area contributed by atoms with Crippen LogP contribution in [0, 0.1) is 0 Å². The molecule has 0 saturated heterocycles. The molecule has 0 radical (unpaired) electrons. The molecule has 0 fully saturated rings. The average molecular weight is 498 g/mol. The van der Waals surface area contributed by atoms with Crippen molar-refractivity contribution in [3.05, 3.63) is 97.3 Å². The lowest BCUT2D eigenvalue weighted by Gasteiger charge is -2.19. The first-order valence-corrected chi connectivity index (χ1v) is 12.1. The van der Waals surface area contributed by atoms with Crippen molar-refractivity contribution < 1.29 is 14.4 Å². The van der Waals surface area contributed by atoms with E-state index in [0.717, 1.165) is 4.57 Å². The second-order valence-electron chi connectivity index (χ2n) is 11.4. The highest BCUT2D eigenvalue weighted by Crippen LogP contribution is 2.28. The zero-order valence-electron chi connectivity index (χ0n) is 21.7. The minimum absolute atomic E-state index is 0.0444. The summed E-state index contributed by atoms with van der Waals surface area (Å²) in [6.07, 6.45) is 0. The number of aromatic hydroxyl groups is 1. The van der Waals surface area contributed by atoms with E-state index in [1.54, 1.807) is 45.0 Å². The molecule has 0 amide bonds. The standard InChI is InChI=1S/C30H28N2O5/c1-29(2,3)17-7-11-19(12-8-17)37-20-13-9-18(10-14-20)31-25(33)21-15-23-24(16-22(21)26(31)34)28(36)32(27(23)35)30(4,5)6/h7-16H,1-6H3/p+1. The molecule has 2 heterocycles. The molecule has 5 aromatic rings. The van der Waals surface area contributed by atoms with Crippen molar-refractivity contribution >= 4 is 21.5 Å². The van der Waals surface area contributed by atoms with Gasteiger partial charge in [-0.1, -0.05) is 32.9 Å². The van der Waals surface area contributed by atoms with Crippen LogP contribution in [-0.2, 0) is 11.0 Å². The van der Waals surface area contributed by atoms with Crippen LogP contribution in [0.3, 0.4) is 0 Å². The smallest absolute Gasteiger partial charge is 0.423 e. The Labute approximate surface area is 213 Å². The van der Waals surface area contributed by atoms with Gasteiger partial charge in [0.25, 0.3) is 11.1 Å². The second-order valence-corrected chi connectivity index (χ2v) is 11.4. The number of benzene rings is 3.